The summed E-state index contributed by atoms with van der Waals surface area (Å²) in [5, 5.41) is 3.05. The highest BCUT2D eigenvalue weighted by molar-refractivity contribution is 5.97. The maximum Gasteiger partial charge on any atom is 0.256 e. The highest BCUT2D eigenvalue weighted by Gasteiger charge is 2.38. The Hall–Kier alpha value is -1.59. The van der Waals surface area contributed by atoms with Gasteiger partial charge in [0.25, 0.3) is 5.91 Å². The van der Waals surface area contributed by atoms with Crippen molar-refractivity contribution in [2.75, 3.05) is 32.1 Å². The van der Waals surface area contributed by atoms with Crippen molar-refractivity contribution in [2.45, 2.75) is 82.8 Å². The molecule has 1 atom stereocenters. The third kappa shape index (κ3) is 6.19. The van der Waals surface area contributed by atoms with Crippen molar-refractivity contribution in [2.24, 2.45) is 0 Å². The molecule has 1 amide bonds. The number of nitrogens with zero attached hydrogens (tertiary/aromatic N) is 1. The number of nitrogens with one attached hydrogen (secondary N) is 1. The van der Waals surface area contributed by atoms with E-state index in [9.17, 15) is 4.79 Å². The van der Waals surface area contributed by atoms with Crippen LogP contribution in [-0.4, -0.2) is 49.3 Å². The van der Waals surface area contributed by atoms with Crippen LogP contribution in [0.3, 0.4) is 0 Å². The van der Waals surface area contributed by atoms with Crippen molar-refractivity contribution in [1.29, 1.82) is 0 Å². The van der Waals surface area contributed by atoms with E-state index in [2.05, 4.69) is 17.1 Å². The molecule has 1 aromatic carbocycles. The number of rotatable bonds is 8. The highest BCUT2D eigenvalue weighted by Crippen LogP contribution is 2.31. The van der Waals surface area contributed by atoms with Gasteiger partial charge >= 0.3 is 0 Å². The lowest BCUT2D eigenvalue weighted by molar-refractivity contribution is -0.139. The van der Waals surface area contributed by atoms with Gasteiger partial charge in [0.1, 0.15) is 11.4 Å². The maximum absolute atomic E-state index is 12.9. The molecule has 0 bridgehead atoms. The minimum Gasteiger partial charge on any atom is -0.494 e. The molecule has 1 aliphatic heterocycles. The SMILES string of the molecule is COC1(C(=O)Nc2ccc(OCCCN3CCCC[C@@H]3C)cc2)CCCCCC1. The zero-order valence-electron chi connectivity index (χ0n) is 18.3. The molecule has 0 radical (unpaired) electrons. The Morgan fingerprint density at radius 1 is 1.10 bits per heavy atom. The normalized spacial score (nSPS) is 22.6. The molecular weight excluding hydrogens is 364 g/mol. The summed E-state index contributed by atoms with van der Waals surface area (Å²) in [5.41, 5.74) is 0.113. The molecule has 29 heavy (non-hydrogen) atoms. The van der Waals surface area contributed by atoms with E-state index < -0.39 is 5.60 Å². The van der Waals surface area contributed by atoms with Crippen molar-refractivity contribution in [3.8, 4) is 5.75 Å². The monoisotopic (exact) mass is 402 g/mol. The number of methoxy groups -OCH3 is 1. The smallest absolute Gasteiger partial charge is 0.256 e. The van der Waals surface area contributed by atoms with E-state index in [4.69, 9.17) is 9.47 Å². The summed E-state index contributed by atoms with van der Waals surface area (Å²) in [5.74, 6) is 0.830. The molecular formula is C24H38N2O3. The number of carbonyl (C=O) groups is 1. The number of anilines is 1. The fourth-order valence-corrected chi connectivity index (χ4v) is 4.65. The predicted octanol–water partition coefficient (Wildman–Crippen LogP) is 5.01. The molecule has 2 fully saturated rings. The van der Waals surface area contributed by atoms with Crippen LogP contribution in [0, 0.1) is 0 Å². The second kappa shape index (κ2) is 11.0. The third-order valence-corrected chi connectivity index (χ3v) is 6.63. The van der Waals surface area contributed by atoms with Gasteiger partial charge in [-0.25, -0.2) is 0 Å². The fourth-order valence-electron chi connectivity index (χ4n) is 4.65. The zero-order chi connectivity index (χ0) is 20.5. The highest BCUT2D eigenvalue weighted by atomic mass is 16.5. The van der Waals surface area contributed by atoms with Crippen LogP contribution in [-0.2, 0) is 9.53 Å². The molecule has 1 aliphatic carbocycles. The summed E-state index contributed by atoms with van der Waals surface area (Å²) < 4.78 is 11.6. The van der Waals surface area contributed by atoms with E-state index in [1.165, 1.54) is 38.6 Å². The number of hydrogen-bond acceptors (Lipinski definition) is 4. The molecule has 5 heteroatoms. The maximum atomic E-state index is 12.9. The van der Waals surface area contributed by atoms with Crippen molar-refractivity contribution < 1.29 is 14.3 Å². The Bertz CT molecular complexity index is 624. The summed E-state index contributed by atoms with van der Waals surface area (Å²) in [6, 6.07) is 8.41. The van der Waals surface area contributed by atoms with Gasteiger partial charge in [-0.05, 0) is 69.8 Å². The van der Waals surface area contributed by atoms with Crippen molar-refractivity contribution >= 4 is 11.6 Å². The van der Waals surface area contributed by atoms with E-state index in [-0.39, 0.29) is 5.91 Å². The first-order chi connectivity index (χ1) is 14.1. The molecule has 3 rings (SSSR count). The second-order valence-corrected chi connectivity index (χ2v) is 8.67. The fraction of sp³-hybridized carbons (Fsp3) is 0.708. The summed E-state index contributed by atoms with van der Waals surface area (Å²) >= 11 is 0. The van der Waals surface area contributed by atoms with Gasteiger partial charge in [-0.3, -0.25) is 4.79 Å². The molecule has 0 spiro atoms. The first-order valence-electron chi connectivity index (χ1n) is 11.5. The molecule has 1 saturated heterocycles. The predicted molar refractivity (Wildman–Crippen MR) is 118 cm³/mol. The zero-order valence-corrected chi connectivity index (χ0v) is 18.3. The van der Waals surface area contributed by atoms with E-state index in [1.54, 1.807) is 7.11 Å². The second-order valence-electron chi connectivity index (χ2n) is 8.67. The summed E-state index contributed by atoms with van der Waals surface area (Å²) in [6.07, 6.45) is 11.1. The molecule has 1 aromatic rings. The van der Waals surface area contributed by atoms with E-state index in [0.717, 1.165) is 56.7 Å². The lowest BCUT2D eigenvalue weighted by Crippen LogP contribution is -2.44. The quantitative estimate of drug-likeness (QED) is 0.491. The van der Waals surface area contributed by atoms with Gasteiger partial charge in [0.2, 0.25) is 0 Å². The van der Waals surface area contributed by atoms with Crippen LogP contribution in [0.2, 0.25) is 0 Å². The molecule has 162 valence electrons. The number of carbonyl (C=O) groups excluding carboxylic acids is 1. The number of piperidine rings is 1. The van der Waals surface area contributed by atoms with E-state index in [1.807, 2.05) is 24.3 Å². The molecule has 1 heterocycles. The van der Waals surface area contributed by atoms with Crippen molar-refractivity contribution in [1.82, 2.24) is 4.90 Å². The first-order valence-corrected chi connectivity index (χ1v) is 11.5. The minimum atomic E-state index is -0.683. The van der Waals surface area contributed by atoms with Crippen molar-refractivity contribution in [3.63, 3.8) is 0 Å². The van der Waals surface area contributed by atoms with Crippen LogP contribution in [0.4, 0.5) is 5.69 Å². The van der Waals surface area contributed by atoms with Crippen LogP contribution in [0.15, 0.2) is 24.3 Å². The molecule has 2 aliphatic rings. The minimum absolute atomic E-state index is 0.0220. The van der Waals surface area contributed by atoms with E-state index in [0.29, 0.717) is 6.04 Å². The summed E-state index contributed by atoms with van der Waals surface area (Å²) in [4.78, 5) is 15.4. The van der Waals surface area contributed by atoms with Crippen LogP contribution < -0.4 is 10.1 Å². The Morgan fingerprint density at radius 3 is 2.48 bits per heavy atom. The molecule has 0 aromatic heterocycles. The van der Waals surface area contributed by atoms with Gasteiger partial charge in [0.05, 0.1) is 6.61 Å². The van der Waals surface area contributed by atoms with E-state index >= 15 is 0 Å². The van der Waals surface area contributed by atoms with Gasteiger partial charge in [-0.1, -0.05) is 32.1 Å². The Balaban J connectivity index is 1.44. The average molecular weight is 403 g/mol. The molecule has 1 saturated carbocycles. The number of ether oxygens (including phenoxy) is 2. The summed E-state index contributed by atoms with van der Waals surface area (Å²) in [7, 11) is 1.66. The van der Waals surface area contributed by atoms with Crippen LogP contribution in [0.1, 0.15) is 71.1 Å². The first kappa shape index (κ1) is 22.1. The largest absolute Gasteiger partial charge is 0.494 e. The average Bonchev–Trinajstić information content (AvgIpc) is 3.00. The molecule has 1 N–H and O–H groups in total. The topological polar surface area (TPSA) is 50.8 Å². The Kier molecular flexibility index (Phi) is 8.37. The third-order valence-electron chi connectivity index (χ3n) is 6.63. The summed E-state index contributed by atoms with van der Waals surface area (Å²) in [6.45, 7) is 5.38. The van der Waals surface area contributed by atoms with Gasteiger partial charge in [0, 0.05) is 25.4 Å². The van der Waals surface area contributed by atoms with Crippen LogP contribution >= 0.6 is 0 Å². The number of amides is 1. The Labute approximate surface area is 176 Å². The van der Waals surface area contributed by atoms with Crippen LogP contribution in [0.25, 0.3) is 0 Å². The molecule has 0 unspecified atom stereocenters. The lowest BCUT2D eigenvalue weighted by Gasteiger charge is -2.33. The number of likely N-dealkylation sites (tertiary alicyclic amines) is 1. The van der Waals surface area contributed by atoms with Gasteiger partial charge in [0.15, 0.2) is 0 Å². The van der Waals surface area contributed by atoms with Gasteiger partial charge in [-0.15, -0.1) is 0 Å². The van der Waals surface area contributed by atoms with Gasteiger partial charge < -0.3 is 19.7 Å². The van der Waals surface area contributed by atoms with Crippen molar-refractivity contribution in [3.05, 3.63) is 24.3 Å². The number of hydrogen-bond donors (Lipinski definition) is 1. The molecule has 5 nitrogen and oxygen atoms in total. The standard InChI is InChI=1S/C24H38N2O3/c1-20-10-5-8-17-26(20)18-9-19-29-22-13-11-21(12-14-22)25-23(27)24(28-2)15-6-3-4-7-16-24/h11-14,20H,3-10,15-19H2,1-2H3,(H,25,27)/t20-/m0/s1. The van der Waals surface area contributed by atoms with Crippen LogP contribution in [0.5, 0.6) is 5.75 Å². The number of benzene rings is 1. The Morgan fingerprint density at radius 2 is 1.83 bits per heavy atom. The van der Waals surface area contributed by atoms with Gasteiger partial charge in [-0.2, -0.15) is 0 Å². The lowest BCUT2D eigenvalue weighted by atomic mass is 9.93.